The number of aryl methyl sites for hydroxylation is 2. The van der Waals surface area contributed by atoms with Crippen LogP contribution in [0, 0.1) is 6.92 Å². The average molecular weight is 405 g/mol. The molecule has 5 heteroatoms. The molecule has 158 valence electrons. The fourth-order valence-electron chi connectivity index (χ4n) is 3.79. The summed E-state index contributed by atoms with van der Waals surface area (Å²) in [5.41, 5.74) is 4.36. The first-order valence-corrected chi connectivity index (χ1v) is 10.8. The normalized spacial score (nSPS) is 12.1. The molecule has 0 bridgehead atoms. The number of rotatable bonds is 10. The summed E-state index contributed by atoms with van der Waals surface area (Å²) >= 11 is 0. The minimum Gasteiger partial charge on any atom is -0.354 e. The Labute approximate surface area is 179 Å². The molecule has 1 amide bonds. The highest BCUT2D eigenvalue weighted by atomic mass is 16.2. The maximum Gasteiger partial charge on any atom is 0.241 e. The summed E-state index contributed by atoms with van der Waals surface area (Å²) in [6.45, 7) is 8.56. The van der Waals surface area contributed by atoms with E-state index < -0.39 is 0 Å². The Morgan fingerprint density at radius 1 is 1.03 bits per heavy atom. The third-order valence-corrected chi connectivity index (χ3v) is 5.48. The number of hydrogen-bond donors (Lipinski definition) is 1. The first kappa shape index (κ1) is 21.8. The van der Waals surface area contributed by atoms with E-state index in [1.807, 2.05) is 72.3 Å². The molecule has 0 aliphatic rings. The summed E-state index contributed by atoms with van der Waals surface area (Å²) in [6, 6.07) is 19.9. The molecule has 0 saturated carbocycles. The number of aromatic nitrogens is 2. The van der Waals surface area contributed by atoms with Gasteiger partial charge in [0.15, 0.2) is 0 Å². The summed E-state index contributed by atoms with van der Waals surface area (Å²) < 4.78 is 1.93. The van der Waals surface area contributed by atoms with Crippen molar-refractivity contribution >= 4 is 5.91 Å². The van der Waals surface area contributed by atoms with E-state index in [0.29, 0.717) is 6.54 Å². The van der Waals surface area contributed by atoms with Crippen molar-refractivity contribution in [1.29, 1.82) is 0 Å². The molecule has 2 aromatic carbocycles. The predicted molar refractivity (Wildman–Crippen MR) is 122 cm³/mol. The molecular weight excluding hydrogens is 372 g/mol. The highest BCUT2D eigenvalue weighted by Gasteiger charge is 2.25. The molecule has 0 saturated heterocycles. The van der Waals surface area contributed by atoms with Gasteiger partial charge in [-0.3, -0.25) is 9.69 Å². The van der Waals surface area contributed by atoms with Crippen molar-refractivity contribution in [2.24, 2.45) is 0 Å². The van der Waals surface area contributed by atoms with E-state index in [4.69, 9.17) is 0 Å². The van der Waals surface area contributed by atoms with Crippen LogP contribution in [-0.2, 0) is 11.2 Å². The van der Waals surface area contributed by atoms with Gasteiger partial charge in [0.05, 0.1) is 11.4 Å². The van der Waals surface area contributed by atoms with Gasteiger partial charge in [-0.25, -0.2) is 4.68 Å². The molecule has 30 heavy (non-hydrogen) atoms. The van der Waals surface area contributed by atoms with E-state index in [1.165, 1.54) is 5.56 Å². The van der Waals surface area contributed by atoms with Crippen LogP contribution < -0.4 is 5.32 Å². The predicted octanol–water partition coefficient (Wildman–Crippen LogP) is 4.31. The van der Waals surface area contributed by atoms with Crippen molar-refractivity contribution in [3.05, 3.63) is 83.7 Å². The van der Waals surface area contributed by atoms with Crippen LogP contribution in [-0.4, -0.2) is 40.2 Å². The van der Waals surface area contributed by atoms with Gasteiger partial charge < -0.3 is 5.32 Å². The Morgan fingerprint density at radius 3 is 2.30 bits per heavy atom. The Bertz CT molecular complexity index is 917. The van der Waals surface area contributed by atoms with Gasteiger partial charge in [-0.2, -0.15) is 5.10 Å². The Hall–Kier alpha value is -2.92. The van der Waals surface area contributed by atoms with Gasteiger partial charge in [0.2, 0.25) is 5.91 Å². The third-order valence-electron chi connectivity index (χ3n) is 5.48. The molecule has 3 aromatic rings. The van der Waals surface area contributed by atoms with Crippen molar-refractivity contribution in [2.75, 3.05) is 19.6 Å². The van der Waals surface area contributed by atoms with Gasteiger partial charge in [-0.15, -0.1) is 0 Å². The molecule has 1 N–H and O–H groups in total. The van der Waals surface area contributed by atoms with Crippen molar-refractivity contribution in [3.63, 3.8) is 0 Å². The second kappa shape index (κ2) is 10.7. The molecule has 0 aliphatic carbocycles. The second-order valence-corrected chi connectivity index (χ2v) is 7.45. The van der Waals surface area contributed by atoms with Gasteiger partial charge >= 0.3 is 0 Å². The van der Waals surface area contributed by atoms with Gasteiger partial charge in [0.25, 0.3) is 0 Å². The van der Waals surface area contributed by atoms with E-state index in [0.717, 1.165) is 42.9 Å². The molecule has 0 fully saturated rings. The third kappa shape index (κ3) is 5.36. The zero-order valence-electron chi connectivity index (χ0n) is 18.2. The monoisotopic (exact) mass is 404 g/mol. The minimum atomic E-state index is -0.247. The molecular formula is C25H32N4O. The van der Waals surface area contributed by atoms with Crippen molar-refractivity contribution in [2.45, 2.75) is 39.7 Å². The van der Waals surface area contributed by atoms with E-state index in [9.17, 15) is 4.79 Å². The van der Waals surface area contributed by atoms with Crippen molar-refractivity contribution in [3.8, 4) is 5.69 Å². The fraction of sp³-hybridized carbons (Fsp3) is 0.360. The number of likely N-dealkylation sites (N-methyl/N-ethyl adjacent to an activating group) is 1. The smallest absolute Gasteiger partial charge is 0.241 e. The summed E-state index contributed by atoms with van der Waals surface area (Å²) in [4.78, 5) is 15.2. The number of nitrogens with zero attached hydrogens (tertiary/aromatic N) is 3. The zero-order chi connectivity index (χ0) is 21.3. The maximum absolute atomic E-state index is 13.0. The molecule has 0 aliphatic heterocycles. The Kier molecular flexibility index (Phi) is 7.80. The molecule has 1 heterocycles. The lowest BCUT2D eigenvalue weighted by molar-refractivity contribution is -0.126. The molecule has 0 spiro atoms. The summed E-state index contributed by atoms with van der Waals surface area (Å²) in [7, 11) is 0. The standard InChI is InChI=1S/C25H32N4O/c1-4-28(5-2)24(21-13-8-6-9-14-21)25(30)26-18-12-15-22-19-29(27-20(22)3)23-16-10-7-11-17-23/h6-11,13-14,16-17,19,24H,4-5,12,15,18H2,1-3H3,(H,26,30). The van der Waals surface area contributed by atoms with Gasteiger partial charge in [-0.05, 0) is 56.1 Å². The van der Waals surface area contributed by atoms with E-state index in [-0.39, 0.29) is 11.9 Å². The van der Waals surface area contributed by atoms with Crippen LogP contribution in [0.5, 0.6) is 0 Å². The van der Waals surface area contributed by atoms with Crippen molar-refractivity contribution < 1.29 is 4.79 Å². The first-order chi connectivity index (χ1) is 14.6. The highest BCUT2D eigenvalue weighted by molar-refractivity contribution is 5.83. The SMILES string of the molecule is CCN(CC)C(C(=O)NCCCc1cn(-c2ccccc2)nc1C)c1ccccc1. The summed E-state index contributed by atoms with van der Waals surface area (Å²) in [6.07, 6.45) is 3.86. The maximum atomic E-state index is 13.0. The van der Waals surface area contributed by atoms with E-state index in [2.05, 4.69) is 35.4 Å². The topological polar surface area (TPSA) is 50.2 Å². The number of para-hydroxylation sites is 1. The summed E-state index contributed by atoms with van der Waals surface area (Å²) in [5.74, 6) is 0.0709. The second-order valence-electron chi connectivity index (χ2n) is 7.45. The summed E-state index contributed by atoms with van der Waals surface area (Å²) in [5, 5.41) is 7.78. The molecule has 0 radical (unpaired) electrons. The average Bonchev–Trinajstić information content (AvgIpc) is 3.16. The van der Waals surface area contributed by atoms with Crippen LogP contribution in [0.3, 0.4) is 0 Å². The number of amides is 1. The van der Waals surface area contributed by atoms with Gasteiger partial charge in [-0.1, -0.05) is 62.4 Å². The van der Waals surface area contributed by atoms with Gasteiger partial charge in [0, 0.05) is 12.7 Å². The minimum absolute atomic E-state index is 0.0709. The van der Waals surface area contributed by atoms with E-state index >= 15 is 0 Å². The van der Waals surface area contributed by atoms with Crippen molar-refractivity contribution in [1.82, 2.24) is 20.0 Å². The molecule has 5 nitrogen and oxygen atoms in total. The lowest BCUT2D eigenvalue weighted by Crippen LogP contribution is -2.41. The van der Waals surface area contributed by atoms with Crippen LogP contribution in [0.15, 0.2) is 66.9 Å². The van der Waals surface area contributed by atoms with E-state index in [1.54, 1.807) is 0 Å². The van der Waals surface area contributed by atoms with Crippen LogP contribution in [0.1, 0.15) is 43.1 Å². The molecule has 1 aromatic heterocycles. The quantitative estimate of drug-likeness (QED) is 0.512. The van der Waals surface area contributed by atoms with Crippen LogP contribution in [0.25, 0.3) is 5.69 Å². The van der Waals surface area contributed by atoms with Crippen LogP contribution >= 0.6 is 0 Å². The lowest BCUT2D eigenvalue weighted by atomic mass is 10.0. The number of benzene rings is 2. The van der Waals surface area contributed by atoms with Crippen LogP contribution in [0.2, 0.25) is 0 Å². The number of hydrogen-bond acceptors (Lipinski definition) is 3. The largest absolute Gasteiger partial charge is 0.354 e. The number of carbonyl (C=O) groups is 1. The number of nitrogens with one attached hydrogen (secondary N) is 1. The lowest BCUT2D eigenvalue weighted by Gasteiger charge is -2.29. The first-order valence-electron chi connectivity index (χ1n) is 10.8. The fourth-order valence-corrected chi connectivity index (χ4v) is 3.79. The highest BCUT2D eigenvalue weighted by Crippen LogP contribution is 2.20. The van der Waals surface area contributed by atoms with Crippen LogP contribution in [0.4, 0.5) is 0 Å². The molecule has 1 unspecified atom stereocenters. The molecule has 3 rings (SSSR count). The Morgan fingerprint density at radius 2 is 1.67 bits per heavy atom. The van der Waals surface area contributed by atoms with Gasteiger partial charge in [0.1, 0.15) is 6.04 Å². The number of carbonyl (C=O) groups excluding carboxylic acids is 1. The molecule has 1 atom stereocenters. The Balaban J connectivity index is 1.58. The zero-order valence-corrected chi connectivity index (χ0v) is 18.2.